The molecule has 0 spiro atoms. The van der Waals surface area contributed by atoms with E-state index in [0.29, 0.717) is 6.54 Å². The molecule has 1 N–H and O–H groups in total. The van der Waals surface area contributed by atoms with E-state index in [1.807, 2.05) is 12.3 Å². The summed E-state index contributed by atoms with van der Waals surface area (Å²) in [5, 5.41) is 3.20. The highest BCUT2D eigenvalue weighted by atomic mass is 19.1. The van der Waals surface area contributed by atoms with Gasteiger partial charge in [-0.05, 0) is 31.2 Å². The average molecular weight is 248 g/mol. The van der Waals surface area contributed by atoms with Gasteiger partial charge in [0.15, 0.2) is 11.6 Å². The second kappa shape index (κ2) is 5.58. The standard InChI is InChI=1S/C14H17FN2O/c1-3-17-8-4-5-12(17)10-16-11-6-7-14(18-2)13(15)9-11/h4-9,16H,3,10H2,1-2H3. The molecule has 1 aromatic heterocycles. The van der Waals surface area contributed by atoms with Gasteiger partial charge in [0, 0.05) is 30.2 Å². The van der Waals surface area contributed by atoms with E-state index < -0.39 is 0 Å². The highest BCUT2D eigenvalue weighted by molar-refractivity contribution is 5.47. The van der Waals surface area contributed by atoms with Gasteiger partial charge in [-0.3, -0.25) is 0 Å². The molecule has 2 rings (SSSR count). The summed E-state index contributed by atoms with van der Waals surface area (Å²) in [6.07, 6.45) is 2.03. The zero-order valence-corrected chi connectivity index (χ0v) is 10.6. The smallest absolute Gasteiger partial charge is 0.167 e. The van der Waals surface area contributed by atoms with E-state index in [0.717, 1.165) is 12.2 Å². The van der Waals surface area contributed by atoms with Crippen molar-refractivity contribution in [2.45, 2.75) is 20.0 Å². The van der Waals surface area contributed by atoms with Crippen LogP contribution < -0.4 is 10.1 Å². The van der Waals surface area contributed by atoms with Crippen LogP contribution in [0.4, 0.5) is 10.1 Å². The number of benzene rings is 1. The molecule has 0 fully saturated rings. The Labute approximate surface area is 106 Å². The monoisotopic (exact) mass is 248 g/mol. The summed E-state index contributed by atoms with van der Waals surface area (Å²) in [7, 11) is 1.46. The number of halogens is 1. The van der Waals surface area contributed by atoms with Crippen molar-refractivity contribution in [3.63, 3.8) is 0 Å². The minimum Gasteiger partial charge on any atom is -0.494 e. The first-order chi connectivity index (χ1) is 8.74. The molecule has 0 unspecified atom stereocenters. The van der Waals surface area contributed by atoms with Crippen LogP contribution in [0.3, 0.4) is 0 Å². The van der Waals surface area contributed by atoms with E-state index in [1.165, 1.54) is 18.9 Å². The largest absolute Gasteiger partial charge is 0.494 e. The number of rotatable bonds is 5. The van der Waals surface area contributed by atoms with E-state index in [-0.39, 0.29) is 11.6 Å². The number of nitrogens with one attached hydrogen (secondary N) is 1. The van der Waals surface area contributed by atoms with Crippen LogP contribution in [0.5, 0.6) is 5.75 Å². The number of anilines is 1. The maximum atomic E-state index is 13.5. The minimum atomic E-state index is -0.353. The van der Waals surface area contributed by atoms with E-state index in [1.54, 1.807) is 12.1 Å². The summed E-state index contributed by atoms with van der Waals surface area (Å²) >= 11 is 0. The molecule has 0 aliphatic carbocycles. The molecule has 2 aromatic rings. The van der Waals surface area contributed by atoms with Gasteiger partial charge >= 0.3 is 0 Å². The molecule has 0 saturated heterocycles. The molecule has 1 aromatic carbocycles. The first-order valence-electron chi connectivity index (χ1n) is 5.96. The Morgan fingerprint density at radius 3 is 2.83 bits per heavy atom. The molecule has 96 valence electrons. The van der Waals surface area contributed by atoms with Gasteiger partial charge in [0.25, 0.3) is 0 Å². The van der Waals surface area contributed by atoms with Crippen molar-refractivity contribution in [3.05, 3.63) is 48.0 Å². The Morgan fingerprint density at radius 1 is 1.33 bits per heavy atom. The van der Waals surface area contributed by atoms with Crippen molar-refractivity contribution in [2.75, 3.05) is 12.4 Å². The topological polar surface area (TPSA) is 26.2 Å². The summed E-state index contributed by atoms with van der Waals surface area (Å²) in [6, 6.07) is 8.93. The number of hydrogen-bond acceptors (Lipinski definition) is 2. The fourth-order valence-corrected chi connectivity index (χ4v) is 1.89. The van der Waals surface area contributed by atoms with Gasteiger partial charge < -0.3 is 14.6 Å². The maximum Gasteiger partial charge on any atom is 0.167 e. The van der Waals surface area contributed by atoms with Gasteiger partial charge in [-0.25, -0.2) is 4.39 Å². The SMILES string of the molecule is CCn1cccc1CNc1ccc(OC)c(F)c1. The highest BCUT2D eigenvalue weighted by Gasteiger charge is 2.04. The van der Waals surface area contributed by atoms with Crippen LogP contribution >= 0.6 is 0 Å². The Balaban J connectivity index is 2.04. The van der Waals surface area contributed by atoms with Gasteiger partial charge in [-0.15, -0.1) is 0 Å². The van der Waals surface area contributed by atoms with Crippen LogP contribution in [0.1, 0.15) is 12.6 Å². The maximum absolute atomic E-state index is 13.5. The van der Waals surface area contributed by atoms with Gasteiger partial charge in [0.2, 0.25) is 0 Å². The first kappa shape index (κ1) is 12.5. The first-order valence-corrected chi connectivity index (χ1v) is 5.96. The van der Waals surface area contributed by atoms with Gasteiger partial charge in [0.1, 0.15) is 0 Å². The predicted octanol–water partition coefficient (Wildman–Crippen LogP) is 3.27. The number of hydrogen-bond donors (Lipinski definition) is 1. The fourth-order valence-electron chi connectivity index (χ4n) is 1.89. The molecule has 0 aliphatic rings. The summed E-state index contributed by atoms with van der Waals surface area (Å²) in [5.74, 6) is -0.0918. The summed E-state index contributed by atoms with van der Waals surface area (Å²) in [5.41, 5.74) is 1.92. The normalized spacial score (nSPS) is 10.4. The van der Waals surface area contributed by atoms with Crippen LogP contribution in [0.2, 0.25) is 0 Å². The molecule has 0 amide bonds. The zero-order chi connectivity index (χ0) is 13.0. The molecule has 0 saturated carbocycles. The van der Waals surface area contributed by atoms with E-state index in [9.17, 15) is 4.39 Å². The van der Waals surface area contributed by atoms with E-state index in [4.69, 9.17) is 4.74 Å². The second-order valence-electron chi connectivity index (χ2n) is 3.99. The van der Waals surface area contributed by atoms with Crippen molar-refractivity contribution in [1.29, 1.82) is 0 Å². The summed E-state index contributed by atoms with van der Waals surface area (Å²) in [6.45, 7) is 3.70. The molecule has 0 radical (unpaired) electrons. The minimum absolute atomic E-state index is 0.262. The van der Waals surface area contributed by atoms with Crippen LogP contribution in [0, 0.1) is 5.82 Å². The van der Waals surface area contributed by atoms with Gasteiger partial charge in [-0.2, -0.15) is 0 Å². The van der Waals surface area contributed by atoms with Crippen molar-refractivity contribution >= 4 is 5.69 Å². The van der Waals surface area contributed by atoms with Crippen molar-refractivity contribution in [3.8, 4) is 5.75 Å². The molecular formula is C14H17FN2O. The summed E-state index contributed by atoms with van der Waals surface area (Å²) < 4.78 is 20.5. The predicted molar refractivity (Wildman–Crippen MR) is 70.4 cm³/mol. The van der Waals surface area contributed by atoms with Gasteiger partial charge in [0.05, 0.1) is 13.7 Å². The molecule has 3 nitrogen and oxygen atoms in total. The highest BCUT2D eigenvalue weighted by Crippen LogP contribution is 2.21. The molecule has 4 heteroatoms. The number of ether oxygens (including phenoxy) is 1. The molecule has 0 atom stereocenters. The molecule has 1 heterocycles. The molecular weight excluding hydrogens is 231 g/mol. The lowest BCUT2D eigenvalue weighted by atomic mass is 10.3. The van der Waals surface area contributed by atoms with E-state index in [2.05, 4.69) is 22.9 Å². The fraction of sp³-hybridized carbons (Fsp3) is 0.286. The average Bonchev–Trinajstić information content (AvgIpc) is 2.84. The lowest BCUT2D eigenvalue weighted by Gasteiger charge is -2.10. The van der Waals surface area contributed by atoms with E-state index >= 15 is 0 Å². The third kappa shape index (κ3) is 2.64. The molecule has 0 bridgehead atoms. The van der Waals surface area contributed by atoms with Crippen molar-refractivity contribution < 1.29 is 9.13 Å². The number of nitrogens with zero attached hydrogens (tertiary/aromatic N) is 1. The Hall–Kier alpha value is -1.97. The van der Waals surface area contributed by atoms with Gasteiger partial charge in [-0.1, -0.05) is 0 Å². The van der Waals surface area contributed by atoms with Crippen LogP contribution in [-0.4, -0.2) is 11.7 Å². The Morgan fingerprint density at radius 2 is 2.17 bits per heavy atom. The number of aromatic nitrogens is 1. The number of aryl methyl sites for hydroxylation is 1. The third-order valence-electron chi connectivity index (χ3n) is 2.89. The summed E-state index contributed by atoms with van der Waals surface area (Å²) in [4.78, 5) is 0. The lowest BCUT2D eigenvalue weighted by molar-refractivity contribution is 0.386. The van der Waals surface area contributed by atoms with Crippen LogP contribution in [0.15, 0.2) is 36.5 Å². The van der Waals surface area contributed by atoms with Crippen molar-refractivity contribution in [1.82, 2.24) is 4.57 Å². The quantitative estimate of drug-likeness (QED) is 0.879. The zero-order valence-electron chi connectivity index (χ0n) is 10.6. The van der Waals surface area contributed by atoms with Crippen LogP contribution in [-0.2, 0) is 13.1 Å². The molecule has 18 heavy (non-hydrogen) atoms. The van der Waals surface area contributed by atoms with Crippen molar-refractivity contribution in [2.24, 2.45) is 0 Å². The second-order valence-corrected chi connectivity index (χ2v) is 3.99. The molecule has 0 aliphatic heterocycles. The lowest BCUT2D eigenvalue weighted by Crippen LogP contribution is -2.06. The Kier molecular flexibility index (Phi) is 3.87. The number of methoxy groups -OCH3 is 1. The Bertz CT molecular complexity index is 522. The third-order valence-corrected chi connectivity index (χ3v) is 2.89. The van der Waals surface area contributed by atoms with Crippen LogP contribution in [0.25, 0.3) is 0 Å².